The second-order valence-electron chi connectivity index (χ2n) is 6.22. The Morgan fingerprint density at radius 3 is 2.16 bits per heavy atom. The van der Waals surface area contributed by atoms with Gasteiger partial charge in [-0.1, -0.05) is 30.3 Å². The van der Waals surface area contributed by atoms with Crippen LogP contribution in [0.3, 0.4) is 0 Å². The summed E-state index contributed by atoms with van der Waals surface area (Å²) in [7, 11) is 0. The maximum atomic E-state index is 13.2. The Morgan fingerprint density at radius 2 is 1.72 bits per heavy atom. The van der Waals surface area contributed by atoms with E-state index in [-0.39, 0.29) is 0 Å². The molecular formula is C16H20F3NO5. The number of halogens is 3. The number of carboxylic acids is 1. The minimum Gasteiger partial charge on any atom is -0.480 e. The van der Waals surface area contributed by atoms with Gasteiger partial charge in [-0.25, -0.2) is 9.59 Å². The molecule has 0 fully saturated rings. The van der Waals surface area contributed by atoms with E-state index >= 15 is 0 Å². The summed E-state index contributed by atoms with van der Waals surface area (Å²) < 4.78 is 49.3. The molecule has 1 amide bonds. The van der Waals surface area contributed by atoms with Crippen molar-refractivity contribution in [3.63, 3.8) is 0 Å². The lowest BCUT2D eigenvalue weighted by molar-refractivity contribution is -0.233. The van der Waals surface area contributed by atoms with Gasteiger partial charge in [0, 0.05) is 0 Å². The van der Waals surface area contributed by atoms with Crippen molar-refractivity contribution in [2.75, 3.05) is 0 Å². The predicted molar refractivity (Wildman–Crippen MR) is 81.9 cm³/mol. The highest BCUT2D eigenvalue weighted by Crippen LogP contribution is 2.27. The van der Waals surface area contributed by atoms with Crippen molar-refractivity contribution >= 4 is 12.1 Å². The first-order valence-corrected chi connectivity index (χ1v) is 7.35. The Morgan fingerprint density at radius 1 is 1.16 bits per heavy atom. The number of hydrogen-bond acceptors (Lipinski definition) is 4. The van der Waals surface area contributed by atoms with Crippen LogP contribution in [0.4, 0.5) is 18.0 Å². The lowest BCUT2D eigenvalue weighted by Crippen LogP contribution is -2.56. The van der Waals surface area contributed by atoms with Crippen LogP contribution < -0.4 is 5.32 Å². The molecule has 6 nitrogen and oxygen atoms in total. The SMILES string of the molecule is CC(C)(C)OC(=O)N[C@@H](C(=O)O)[C@H](OCc1ccccc1)C(F)(F)F. The van der Waals surface area contributed by atoms with Crippen LogP contribution in [0, 0.1) is 0 Å². The zero-order valence-electron chi connectivity index (χ0n) is 14.0. The molecule has 0 heterocycles. The van der Waals surface area contributed by atoms with E-state index in [0.717, 1.165) is 0 Å². The van der Waals surface area contributed by atoms with Gasteiger partial charge in [0.25, 0.3) is 0 Å². The topological polar surface area (TPSA) is 84.9 Å². The maximum absolute atomic E-state index is 13.2. The van der Waals surface area contributed by atoms with Crippen LogP contribution >= 0.6 is 0 Å². The third-order valence-corrected chi connectivity index (χ3v) is 2.84. The number of hydrogen-bond donors (Lipinski definition) is 2. The molecule has 2 N–H and O–H groups in total. The second kappa shape index (κ2) is 8.19. The van der Waals surface area contributed by atoms with Gasteiger partial charge in [-0.05, 0) is 26.3 Å². The van der Waals surface area contributed by atoms with E-state index < -0.39 is 42.6 Å². The van der Waals surface area contributed by atoms with E-state index in [9.17, 15) is 22.8 Å². The average Bonchev–Trinajstić information content (AvgIpc) is 2.43. The van der Waals surface area contributed by atoms with E-state index in [4.69, 9.17) is 14.6 Å². The van der Waals surface area contributed by atoms with Crippen molar-refractivity contribution in [2.24, 2.45) is 0 Å². The van der Waals surface area contributed by atoms with Crippen LogP contribution in [0.15, 0.2) is 30.3 Å². The summed E-state index contributed by atoms with van der Waals surface area (Å²) in [6.45, 7) is 4.02. The largest absolute Gasteiger partial charge is 0.480 e. The van der Waals surface area contributed by atoms with Gasteiger partial charge < -0.3 is 19.9 Å². The molecule has 1 aromatic carbocycles. The van der Waals surface area contributed by atoms with Gasteiger partial charge in [0.05, 0.1) is 6.61 Å². The Labute approximate surface area is 142 Å². The fraction of sp³-hybridized carbons (Fsp3) is 0.500. The molecular weight excluding hydrogens is 343 g/mol. The fourth-order valence-corrected chi connectivity index (χ4v) is 1.84. The number of carbonyl (C=O) groups excluding carboxylic acids is 1. The van der Waals surface area contributed by atoms with Crippen molar-refractivity contribution in [3.05, 3.63) is 35.9 Å². The van der Waals surface area contributed by atoms with E-state index in [1.165, 1.54) is 32.9 Å². The highest BCUT2D eigenvalue weighted by Gasteiger charge is 2.50. The summed E-state index contributed by atoms with van der Waals surface area (Å²) >= 11 is 0. The Hall–Kier alpha value is -2.29. The number of carbonyl (C=O) groups is 2. The molecule has 0 spiro atoms. The maximum Gasteiger partial charge on any atom is 0.417 e. The molecule has 0 aliphatic rings. The molecule has 0 saturated carbocycles. The van der Waals surface area contributed by atoms with E-state index in [0.29, 0.717) is 5.56 Å². The van der Waals surface area contributed by atoms with Crippen LogP contribution in [-0.4, -0.2) is 41.1 Å². The van der Waals surface area contributed by atoms with Crippen molar-refractivity contribution in [1.82, 2.24) is 5.32 Å². The number of rotatable bonds is 6. The number of alkyl carbamates (subject to hydrolysis) is 1. The van der Waals surface area contributed by atoms with Crippen molar-refractivity contribution < 1.29 is 37.3 Å². The van der Waals surface area contributed by atoms with E-state index in [1.54, 1.807) is 23.5 Å². The van der Waals surface area contributed by atoms with Gasteiger partial charge in [-0.15, -0.1) is 0 Å². The van der Waals surface area contributed by atoms with E-state index in [2.05, 4.69) is 0 Å². The van der Waals surface area contributed by atoms with Crippen LogP contribution in [-0.2, 0) is 20.9 Å². The quantitative estimate of drug-likeness (QED) is 0.811. The minimum absolute atomic E-state index is 0.429. The molecule has 0 saturated heterocycles. The molecule has 0 radical (unpaired) electrons. The number of ether oxygens (including phenoxy) is 2. The van der Waals surface area contributed by atoms with Gasteiger partial charge in [-0.2, -0.15) is 13.2 Å². The van der Waals surface area contributed by atoms with Crippen molar-refractivity contribution in [2.45, 2.75) is 51.3 Å². The molecule has 2 atom stereocenters. The third kappa shape index (κ3) is 7.42. The smallest absolute Gasteiger partial charge is 0.417 e. The van der Waals surface area contributed by atoms with Gasteiger partial charge in [0.2, 0.25) is 0 Å². The van der Waals surface area contributed by atoms with Crippen LogP contribution in [0.25, 0.3) is 0 Å². The number of nitrogens with one attached hydrogen (secondary N) is 1. The molecule has 1 aromatic rings. The normalized spacial score (nSPS) is 14.5. The summed E-state index contributed by atoms with van der Waals surface area (Å²) in [4.78, 5) is 22.9. The minimum atomic E-state index is -5.01. The first-order chi connectivity index (χ1) is 11.4. The summed E-state index contributed by atoms with van der Waals surface area (Å²) in [5.74, 6) is -1.89. The molecule has 0 bridgehead atoms. The Bertz CT molecular complexity index is 584. The highest BCUT2D eigenvalue weighted by molar-refractivity contribution is 5.80. The summed E-state index contributed by atoms with van der Waals surface area (Å²) in [5, 5.41) is 10.8. The zero-order chi connectivity index (χ0) is 19.3. The molecule has 0 aliphatic carbocycles. The van der Waals surface area contributed by atoms with Gasteiger partial charge in [-0.3, -0.25) is 0 Å². The number of carboxylic acid groups (broad SMARTS) is 1. The summed E-state index contributed by atoms with van der Waals surface area (Å²) in [5.41, 5.74) is -0.565. The molecule has 0 unspecified atom stereocenters. The predicted octanol–water partition coefficient (Wildman–Crippen LogP) is 3.11. The summed E-state index contributed by atoms with van der Waals surface area (Å²) in [6.07, 6.45) is -9.03. The van der Waals surface area contributed by atoms with Crippen LogP contribution in [0.2, 0.25) is 0 Å². The number of benzene rings is 1. The van der Waals surface area contributed by atoms with Crippen molar-refractivity contribution in [1.29, 1.82) is 0 Å². The standard InChI is InChI=1S/C16H20F3NO5/c1-15(2,3)25-14(23)20-11(13(21)22)12(16(17,18)19)24-9-10-7-5-4-6-8-10/h4-8,11-12H,9H2,1-3H3,(H,20,23)(H,21,22)/t11-,12+/m1/s1. The molecule has 1 rings (SSSR count). The monoisotopic (exact) mass is 363 g/mol. The molecule has 9 heteroatoms. The Balaban J connectivity index is 2.91. The van der Waals surface area contributed by atoms with Crippen molar-refractivity contribution in [3.8, 4) is 0 Å². The Kier molecular flexibility index (Phi) is 6.80. The van der Waals surface area contributed by atoms with Crippen LogP contribution in [0.5, 0.6) is 0 Å². The van der Waals surface area contributed by atoms with E-state index in [1.807, 2.05) is 0 Å². The molecule has 25 heavy (non-hydrogen) atoms. The first kappa shape index (κ1) is 20.8. The van der Waals surface area contributed by atoms with Gasteiger partial charge in [0.15, 0.2) is 12.1 Å². The molecule has 0 aliphatic heterocycles. The summed E-state index contributed by atoms with van der Waals surface area (Å²) in [6, 6.07) is 5.60. The number of amides is 1. The average molecular weight is 363 g/mol. The lowest BCUT2D eigenvalue weighted by atomic mass is 10.1. The fourth-order valence-electron chi connectivity index (χ4n) is 1.84. The van der Waals surface area contributed by atoms with Crippen LogP contribution in [0.1, 0.15) is 26.3 Å². The second-order valence-corrected chi connectivity index (χ2v) is 6.22. The third-order valence-electron chi connectivity index (χ3n) is 2.84. The highest BCUT2D eigenvalue weighted by atomic mass is 19.4. The number of aliphatic carboxylic acids is 1. The molecule has 0 aromatic heterocycles. The number of alkyl halides is 3. The first-order valence-electron chi connectivity index (χ1n) is 7.35. The zero-order valence-corrected chi connectivity index (χ0v) is 14.0. The van der Waals surface area contributed by atoms with Gasteiger partial charge in [0.1, 0.15) is 5.60 Å². The van der Waals surface area contributed by atoms with Gasteiger partial charge >= 0.3 is 18.2 Å². The lowest BCUT2D eigenvalue weighted by Gasteiger charge is -2.28. The molecule has 140 valence electrons.